The molecule has 0 aromatic heterocycles. The van der Waals surface area contributed by atoms with Crippen molar-refractivity contribution in [3.05, 3.63) is 47.5 Å². The summed E-state index contributed by atoms with van der Waals surface area (Å²) in [6, 6.07) is 9.76. The van der Waals surface area contributed by atoms with Gasteiger partial charge >= 0.3 is 0 Å². The van der Waals surface area contributed by atoms with Gasteiger partial charge in [0.1, 0.15) is 0 Å². The van der Waals surface area contributed by atoms with Crippen LogP contribution in [0.1, 0.15) is 23.5 Å². The Morgan fingerprint density at radius 2 is 1.06 bits per heavy atom. The molecular weight excluding hydrogens is 244 g/mol. The average Bonchev–Trinajstić information content (AvgIpc) is 2.41. The van der Waals surface area contributed by atoms with Gasteiger partial charge in [0, 0.05) is 0 Å². The first-order chi connectivity index (χ1) is 8.59. The summed E-state index contributed by atoms with van der Waals surface area (Å²) in [6.45, 7) is 0. The molecule has 0 nitrogen and oxygen atoms in total. The SMILES string of the molecule is FC1c2cc3ccccc3cc2C(F)C(F)C1F. The van der Waals surface area contributed by atoms with Crippen LogP contribution in [-0.4, -0.2) is 12.3 Å². The van der Waals surface area contributed by atoms with Gasteiger partial charge < -0.3 is 0 Å². The van der Waals surface area contributed by atoms with Crippen molar-refractivity contribution in [3.8, 4) is 0 Å². The fourth-order valence-corrected chi connectivity index (χ4v) is 2.42. The monoisotopic (exact) mass is 254 g/mol. The second-order valence-corrected chi connectivity index (χ2v) is 4.52. The standard InChI is InChI=1S/C14H10F4/c15-11-9-5-7-3-1-2-4-8(7)6-10(9)12(16)14(18)13(11)17/h1-6,11-14H. The number of hydrogen-bond donors (Lipinski definition) is 0. The number of alkyl halides is 4. The van der Waals surface area contributed by atoms with Crippen molar-refractivity contribution in [1.82, 2.24) is 0 Å². The van der Waals surface area contributed by atoms with E-state index in [0.29, 0.717) is 10.8 Å². The molecule has 0 saturated heterocycles. The highest BCUT2D eigenvalue weighted by molar-refractivity contribution is 5.84. The fraction of sp³-hybridized carbons (Fsp3) is 0.286. The van der Waals surface area contributed by atoms with Crippen LogP contribution < -0.4 is 0 Å². The highest BCUT2D eigenvalue weighted by Crippen LogP contribution is 2.44. The van der Waals surface area contributed by atoms with Crippen LogP contribution in [0.15, 0.2) is 36.4 Å². The Balaban J connectivity index is 2.26. The topological polar surface area (TPSA) is 0 Å². The number of fused-ring (bicyclic) bond motifs is 2. The summed E-state index contributed by atoms with van der Waals surface area (Å²) in [6.07, 6.45) is -9.08. The second kappa shape index (κ2) is 3.97. The van der Waals surface area contributed by atoms with Crippen molar-refractivity contribution < 1.29 is 17.6 Å². The number of benzene rings is 2. The van der Waals surface area contributed by atoms with Crippen LogP contribution in [0.4, 0.5) is 17.6 Å². The first-order valence-corrected chi connectivity index (χ1v) is 5.68. The quantitative estimate of drug-likeness (QED) is 0.605. The van der Waals surface area contributed by atoms with Gasteiger partial charge in [0.15, 0.2) is 24.7 Å². The van der Waals surface area contributed by atoms with E-state index in [1.54, 1.807) is 24.3 Å². The molecule has 2 aromatic rings. The van der Waals surface area contributed by atoms with E-state index in [1.165, 1.54) is 12.1 Å². The maximum absolute atomic E-state index is 13.7. The minimum absolute atomic E-state index is 0.0809. The van der Waals surface area contributed by atoms with E-state index in [9.17, 15) is 17.6 Å². The summed E-state index contributed by atoms with van der Waals surface area (Å²) in [7, 11) is 0. The van der Waals surface area contributed by atoms with Crippen LogP contribution in [0.25, 0.3) is 10.8 Å². The molecule has 4 atom stereocenters. The molecule has 1 aliphatic carbocycles. The summed E-state index contributed by atoms with van der Waals surface area (Å²) < 4.78 is 54.1. The van der Waals surface area contributed by atoms with Crippen LogP contribution >= 0.6 is 0 Å². The molecule has 0 bridgehead atoms. The van der Waals surface area contributed by atoms with Crippen LogP contribution in [0.2, 0.25) is 0 Å². The molecule has 0 radical (unpaired) electrons. The summed E-state index contributed by atoms with van der Waals surface area (Å²) in [5, 5.41) is 1.38. The van der Waals surface area contributed by atoms with E-state index in [2.05, 4.69) is 0 Å². The lowest BCUT2D eigenvalue weighted by Gasteiger charge is -2.29. The number of hydrogen-bond acceptors (Lipinski definition) is 0. The van der Waals surface area contributed by atoms with E-state index in [-0.39, 0.29) is 11.1 Å². The molecule has 1 aliphatic rings. The Hall–Kier alpha value is -1.58. The van der Waals surface area contributed by atoms with Crippen LogP contribution in [0, 0.1) is 0 Å². The Morgan fingerprint density at radius 3 is 1.44 bits per heavy atom. The molecule has 0 heterocycles. The van der Waals surface area contributed by atoms with E-state index in [0.717, 1.165) is 0 Å². The Kier molecular flexibility index (Phi) is 2.54. The Morgan fingerprint density at radius 1 is 0.667 bits per heavy atom. The maximum atomic E-state index is 13.7. The van der Waals surface area contributed by atoms with Gasteiger partial charge in [0.05, 0.1) is 0 Å². The predicted molar refractivity (Wildman–Crippen MR) is 61.4 cm³/mol. The zero-order chi connectivity index (χ0) is 12.9. The minimum Gasteiger partial charge on any atom is -0.241 e. The molecule has 0 amide bonds. The minimum atomic E-state index is -2.44. The highest BCUT2D eigenvalue weighted by Gasteiger charge is 2.44. The summed E-state index contributed by atoms with van der Waals surface area (Å²) in [5.41, 5.74) is -0.162. The lowest BCUT2D eigenvalue weighted by molar-refractivity contribution is 0.0156. The fourth-order valence-electron chi connectivity index (χ4n) is 2.42. The second-order valence-electron chi connectivity index (χ2n) is 4.52. The molecule has 0 spiro atoms. The third kappa shape index (κ3) is 1.51. The van der Waals surface area contributed by atoms with Crippen molar-refractivity contribution >= 4 is 10.8 Å². The van der Waals surface area contributed by atoms with Gasteiger partial charge in [0.2, 0.25) is 0 Å². The van der Waals surface area contributed by atoms with E-state index in [1.807, 2.05) is 0 Å². The number of halogens is 4. The summed E-state index contributed by atoms with van der Waals surface area (Å²) in [4.78, 5) is 0. The maximum Gasteiger partial charge on any atom is 0.170 e. The Bertz CT molecular complexity index is 543. The molecule has 0 N–H and O–H groups in total. The molecule has 94 valence electrons. The van der Waals surface area contributed by atoms with Gasteiger partial charge in [-0.25, -0.2) is 17.6 Å². The Labute approximate surface area is 101 Å². The summed E-state index contributed by atoms with van der Waals surface area (Å²) in [5.74, 6) is 0. The molecule has 4 heteroatoms. The molecule has 3 rings (SSSR count). The largest absolute Gasteiger partial charge is 0.241 e. The third-order valence-electron chi connectivity index (χ3n) is 3.41. The zero-order valence-electron chi connectivity index (χ0n) is 9.29. The van der Waals surface area contributed by atoms with E-state index < -0.39 is 24.7 Å². The first-order valence-electron chi connectivity index (χ1n) is 5.68. The molecule has 0 saturated carbocycles. The van der Waals surface area contributed by atoms with Crippen molar-refractivity contribution in [2.75, 3.05) is 0 Å². The number of rotatable bonds is 0. The van der Waals surface area contributed by atoms with Gasteiger partial charge in [-0.3, -0.25) is 0 Å². The van der Waals surface area contributed by atoms with Gasteiger partial charge in [0.25, 0.3) is 0 Å². The molecular formula is C14H10F4. The lowest BCUT2D eigenvalue weighted by Crippen LogP contribution is -2.32. The zero-order valence-corrected chi connectivity index (χ0v) is 9.29. The van der Waals surface area contributed by atoms with Crippen molar-refractivity contribution in [2.45, 2.75) is 24.7 Å². The summed E-state index contributed by atoms with van der Waals surface area (Å²) >= 11 is 0. The van der Waals surface area contributed by atoms with Gasteiger partial charge in [-0.05, 0) is 34.0 Å². The van der Waals surface area contributed by atoms with E-state index >= 15 is 0 Å². The lowest BCUT2D eigenvalue weighted by atomic mass is 9.84. The van der Waals surface area contributed by atoms with E-state index in [4.69, 9.17) is 0 Å². The normalized spacial score (nSPS) is 31.3. The van der Waals surface area contributed by atoms with Crippen LogP contribution in [0.5, 0.6) is 0 Å². The van der Waals surface area contributed by atoms with Crippen molar-refractivity contribution in [3.63, 3.8) is 0 Å². The average molecular weight is 254 g/mol. The third-order valence-corrected chi connectivity index (χ3v) is 3.41. The van der Waals surface area contributed by atoms with Gasteiger partial charge in [-0.2, -0.15) is 0 Å². The van der Waals surface area contributed by atoms with Gasteiger partial charge in [-0.1, -0.05) is 24.3 Å². The molecule has 0 aliphatic heterocycles. The molecule has 4 unspecified atom stereocenters. The smallest absolute Gasteiger partial charge is 0.170 e. The van der Waals surface area contributed by atoms with Crippen LogP contribution in [-0.2, 0) is 0 Å². The molecule has 2 aromatic carbocycles. The van der Waals surface area contributed by atoms with Crippen molar-refractivity contribution in [2.24, 2.45) is 0 Å². The molecule has 0 fully saturated rings. The van der Waals surface area contributed by atoms with Crippen LogP contribution in [0.3, 0.4) is 0 Å². The van der Waals surface area contributed by atoms with Crippen molar-refractivity contribution in [1.29, 1.82) is 0 Å². The predicted octanol–water partition coefficient (Wildman–Crippen LogP) is 4.55. The highest BCUT2D eigenvalue weighted by atomic mass is 19.2. The first kappa shape index (κ1) is 11.5. The van der Waals surface area contributed by atoms with Gasteiger partial charge in [-0.15, -0.1) is 0 Å². The molecule has 18 heavy (non-hydrogen) atoms.